The Hall–Kier alpha value is -1.15. The summed E-state index contributed by atoms with van der Waals surface area (Å²) in [7, 11) is 0. The van der Waals surface area contributed by atoms with Crippen molar-refractivity contribution in [2.45, 2.75) is 70.8 Å². The fraction of sp³-hybridized carbons (Fsp3) is 0.632. The minimum atomic E-state index is 0.0787. The van der Waals surface area contributed by atoms with Gasteiger partial charge in [-0.05, 0) is 17.5 Å². The molecule has 1 atom stereocenters. The Balaban J connectivity index is 1.72. The van der Waals surface area contributed by atoms with Crippen LogP contribution in [0.5, 0.6) is 0 Å². The van der Waals surface area contributed by atoms with Crippen LogP contribution in [-0.4, -0.2) is 12.3 Å². The van der Waals surface area contributed by atoms with E-state index < -0.39 is 0 Å². The first kappa shape index (κ1) is 16.2. The van der Waals surface area contributed by atoms with Crippen LogP contribution in [0.1, 0.15) is 75.3 Å². The Bertz CT molecular complexity index is 441. The molecule has 1 aromatic rings. The normalized spacial score (nSPS) is 17.5. The number of hydrogen-bond acceptors (Lipinski definition) is 2. The first-order valence-electron chi connectivity index (χ1n) is 8.64. The van der Waals surface area contributed by atoms with Gasteiger partial charge in [-0.2, -0.15) is 0 Å². The second-order valence-corrected chi connectivity index (χ2v) is 6.22. The van der Waals surface area contributed by atoms with Gasteiger partial charge >= 0.3 is 0 Å². The van der Waals surface area contributed by atoms with Crippen molar-refractivity contribution in [3.8, 4) is 0 Å². The average Bonchev–Trinajstić information content (AvgIpc) is 2.53. The second kappa shape index (κ2) is 8.99. The molecule has 1 unspecified atom stereocenters. The van der Waals surface area contributed by atoms with Crippen molar-refractivity contribution < 1.29 is 4.79 Å². The van der Waals surface area contributed by atoms with Gasteiger partial charge in [0.15, 0.2) is 0 Å². The molecule has 1 heterocycles. The molecule has 0 saturated carbocycles. The smallest absolute Gasteiger partial charge is 0.141 e. The molecule has 0 saturated heterocycles. The molecule has 21 heavy (non-hydrogen) atoms. The van der Waals surface area contributed by atoms with Crippen LogP contribution >= 0.6 is 0 Å². The number of Topliss-reactive ketones (excluding diaryl/α,β-unsaturated/α-hetero) is 1. The zero-order valence-corrected chi connectivity index (χ0v) is 13.4. The van der Waals surface area contributed by atoms with E-state index in [1.165, 1.54) is 49.7 Å². The summed E-state index contributed by atoms with van der Waals surface area (Å²) in [6, 6.07) is 8.38. The van der Waals surface area contributed by atoms with E-state index in [1.54, 1.807) is 0 Å². The van der Waals surface area contributed by atoms with Crippen LogP contribution in [0.3, 0.4) is 0 Å². The maximum absolute atomic E-state index is 12.5. The molecule has 1 N–H and O–H groups in total. The molecule has 0 amide bonds. The van der Waals surface area contributed by atoms with Crippen LogP contribution in [0, 0.1) is 0 Å². The highest BCUT2D eigenvalue weighted by Gasteiger charge is 2.25. The number of unbranched alkanes of at least 4 members (excludes halogenated alkanes) is 6. The zero-order chi connectivity index (χ0) is 14.9. The first-order chi connectivity index (χ1) is 10.3. The number of fused-ring (bicyclic) bond motifs is 1. The van der Waals surface area contributed by atoms with E-state index in [-0.39, 0.29) is 5.92 Å². The van der Waals surface area contributed by atoms with Crippen molar-refractivity contribution >= 4 is 5.78 Å². The summed E-state index contributed by atoms with van der Waals surface area (Å²) in [5.74, 6) is 0.498. The Morgan fingerprint density at radius 1 is 1.10 bits per heavy atom. The number of nitrogens with one attached hydrogen (secondary N) is 1. The average molecular weight is 287 g/mol. The number of benzene rings is 1. The van der Waals surface area contributed by atoms with Crippen molar-refractivity contribution in [1.82, 2.24) is 5.32 Å². The van der Waals surface area contributed by atoms with E-state index in [9.17, 15) is 4.79 Å². The third kappa shape index (κ3) is 4.96. The van der Waals surface area contributed by atoms with Crippen LogP contribution in [0.4, 0.5) is 0 Å². The lowest BCUT2D eigenvalue weighted by molar-refractivity contribution is -0.120. The predicted octanol–water partition coefficient (Wildman–Crippen LogP) is 4.58. The quantitative estimate of drug-likeness (QED) is 0.673. The third-order valence-electron chi connectivity index (χ3n) is 4.51. The maximum Gasteiger partial charge on any atom is 0.141 e. The van der Waals surface area contributed by atoms with Gasteiger partial charge in [-0.15, -0.1) is 0 Å². The van der Waals surface area contributed by atoms with Crippen molar-refractivity contribution in [1.29, 1.82) is 0 Å². The largest absolute Gasteiger partial charge is 0.312 e. The topological polar surface area (TPSA) is 29.1 Å². The van der Waals surface area contributed by atoms with E-state index in [2.05, 4.69) is 36.5 Å². The molecule has 0 bridgehead atoms. The Morgan fingerprint density at radius 3 is 2.62 bits per heavy atom. The van der Waals surface area contributed by atoms with Gasteiger partial charge in [0.1, 0.15) is 5.78 Å². The monoisotopic (exact) mass is 287 g/mol. The number of carbonyl (C=O) groups is 1. The lowest BCUT2D eigenvalue weighted by Gasteiger charge is -2.25. The van der Waals surface area contributed by atoms with Crippen LogP contribution in [-0.2, 0) is 11.3 Å². The summed E-state index contributed by atoms with van der Waals surface area (Å²) in [5.41, 5.74) is 2.55. The van der Waals surface area contributed by atoms with Gasteiger partial charge in [0.25, 0.3) is 0 Å². The highest BCUT2D eigenvalue weighted by Crippen LogP contribution is 2.26. The van der Waals surface area contributed by atoms with E-state index in [0.717, 1.165) is 25.9 Å². The fourth-order valence-corrected chi connectivity index (χ4v) is 3.21. The molecular weight excluding hydrogens is 258 g/mol. The summed E-state index contributed by atoms with van der Waals surface area (Å²) < 4.78 is 0. The standard InChI is InChI=1S/C19H29NO/c1-2-3-4-5-6-7-8-13-19(21)18-15-20-14-16-11-9-10-12-17(16)18/h9-12,18,20H,2-8,13-15H2,1H3. The molecule has 0 aliphatic carbocycles. The van der Waals surface area contributed by atoms with Crippen LogP contribution in [0.25, 0.3) is 0 Å². The van der Waals surface area contributed by atoms with E-state index in [1.807, 2.05) is 0 Å². The van der Waals surface area contributed by atoms with Crippen LogP contribution in [0.2, 0.25) is 0 Å². The molecule has 2 heteroatoms. The van der Waals surface area contributed by atoms with Crippen LogP contribution < -0.4 is 5.32 Å². The van der Waals surface area contributed by atoms with Crippen molar-refractivity contribution in [2.75, 3.05) is 6.54 Å². The maximum atomic E-state index is 12.5. The molecule has 116 valence electrons. The molecule has 1 aliphatic rings. The number of carbonyl (C=O) groups excluding carboxylic acids is 1. The summed E-state index contributed by atoms with van der Waals surface area (Å²) in [4.78, 5) is 12.5. The van der Waals surface area contributed by atoms with Crippen molar-refractivity contribution in [2.24, 2.45) is 0 Å². The van der Waals surface area contributed by atoms with E-state index in [4.69, 9.17) is 0 Å². The summed E-state index contributed by atoms with van der Waals surface area (Å²) >= 11 is 0. The molecule has 0 spiro atoms. The van der Waals surface area contributed by atoms with Crippen molar-refractivity contribution in [3.63, 3.8) is 0 Å². The number of rotatable bonds is 9. The van der Waals surface area contributed by atoms with Crippen LogP contribution in [0.15, 0.2) is 24.3 Å². The number of hydrogen-bond donors (Lipinski definition) is 1. The molecule has 2 nitrogen and oxygen atoms in total. The van der Waals surface area contributed by atoms with E-state index >= 15 is 0 Å². The van der Waals surface area contributed by atoms with Gasteiger partial charge in [-0.25, -0.2) is 0 Å². The lowest BCUT2D eigenvalue weighted by Crippen LogP contribution is -2.32. The molecule has 0 fully saturated rings. The van der Waals surface area contributed by atoms with Gasteiger partial charge in [-0.3, -0.25) is 4.79 Å². The second-order valence-electron chi connectivity index (χ2n) is 6.22. The molecular formula is C19H29NO. The first-order valence-corrected chi connectivity index (χ1v) is 8.64. The van der Waals surface area contributed by atoms with Gasteiger partial charge in [0.2, 0.25) is 0 Å². The summed E-state index contributed by atoms with van der Waals surface area (Å²) in [6.07, 6.45) is 9.62. The molecule has 1 aliphatic heterocycles. The van der Waals surface area contributed by atoms with E-state index in [0.29, 0.717) is 5.78 Å². The van der Waals surface area contributed by atoms with Crippen molar-refractivity contribution in [3.05, 3.63) is 35.4 Å². The Labute approximate surface area is 129 Å². The number of ketones is 1. The molecule has 0 aromatic heterocycles. The SMILES string of the molecule is CCCCCCCCCC(=O)C1CNCc2ccccc21. The molecule has 1 aromatic carbocycles. The minimum absolute atomic E-state index is 0.0787. The highest BCUT2D eigenvalue weighted by molar-refractivity contribution is 5.86. The summed E-state index contributed by atoms with van der Waals surface area (Å²) in [5, 5.41) is 3.38. The van der Waals surface area contributed by atoms with Gasteiger partial charge in [-0.1, -0.05) is 69.7 Å². The van der Waals surface area contributed by atoms with Gasteiger partial charge in [0.05, 0.1) is 5.92 Å². The Kier molecular flexibility index (Phi) is 6.94. The summed E-state index contributed by atoms with van der Waals surface area (Å²) in [6.45, 7) is 3.96. The zero-order valence-electron chi connectivity index (χ0n) is 13.4. The minimum Gasteiger partial charge on any atom is -0.312 e. The fourth-order valence-electron chi connectivity index (χ4n) is 3.21. The van der Waals surface area contributed by atoms with Gasteiger partial charge < -0.3 is 5.32 Å². The Morgan fingerprint density at radius 2 is 1.81 bits per heavy atom. The molecule has 0 radical (unpaired) electrons. The highest BCUT2D eigenvalue weighted by atomic mass is 16.1. The predicted molar refractivity (Wildman–Crippen MR) is 88.5 cm³/mol. The van der Waals surface area contributed by atoms with Gasteiger partial charge in [0, 0.05) is 19.5 Å². The molecule has 2 rings (SSSR count). The lowest BCUT2D eigenvalue weighted by atomic mass is 9.86. The third-order valence-corrected chi connectivity index (χ3v) is 4.51.